The summed E-state index contributed by atoms with van der Waals surface area (Å²) in [5.74, 6) is 0.957. The van der Waals surface area contributed by atoms with Crippen LogP contribution < -0.4 is 10.2 Å². The number of furan rings is 1. The van der Waals surface area contributed by atoms with Crippen molar-refractivity contribution in [2.24, 2.45) is 0 Å². The summed E-state index contributed by atoms with van der Waals surface area (Å²) >= 11 is 1.60. The first kappa shape index (κ1) is 17.1. The van der Waals surface area contributed by atoms with Crippen LogP contribution in [0.3, 0.4) is 0 Å². The van der Waals surface area contributed by atoms with Gasteiger partial charge < -0.3 is 14.6 Å². The third-order valence-corrected chi connectivity index (χ3v) is 5.49. The molecule has 2 N–H and O–H groups in total. The molecule has 5 heteroatoms. The van der Waals surface area contributed by atoms with Crippen molar-refractivity contribution in [1.82, 2.24) is 5.32 Å². The van der Waals surface area contributed by atoms with Crippen molar-refractivity contribution in [2.45, 2.75) is 30.2 Å². The van der Waals surface area contributed by atoms with Crippen molar-refractivity contribution in [2.75, 3.05) is 25.9 Å². The van der Waals surface area contributed by atoms with Gasteiger partial charge in [-0.25, -0.2) is 0 Å². The monoisotopic (exact) mass is 345 g/mol. The number of quaternary nitrogens is 1. The molecule has 0 radical (unpaired) electrons. The number of piperidine rings is 1. The number of carbonyl (C=O) groups is 1. The molecule has 1 fully saturated rings. The Bertz CT molecular complexity index is 651. The second-order valence-corrected chi connectivity index (χ2v) is 7.05. The molecule has 128 valence electrons. The molecule has 0 bridgehead atoms. The van der Waals surface area contributed by atoms with E-state index in [4.69, 9.17) is 4.42 Å². The lowest BCUT2D eigenvalue weighted by Crippen LogP contribution is -3.13. The number of carbonyl (C=O) groups excluding carboxylic acids is 1. The van der Waals surface area contributed by atoms with Crippen molar-refractivity contribution in [1.29, 1.82) is 0 Å². The van der Waals surface area contributed by atoms with Crippen LogP contribution >= 0.6 is 11.8 Å². The Morgan fingerprint density at radius 3 is 2.71 bits per heavy atom. The number of hydrogen-bond donors (Lipinski definition) is 2. The first-order valence-corrected chi connectivity index (χ1v) is 9.81. The zero-order valence-corrected chi connectivity index (χ0v) is 14.9. The van der Waals surface area contributed by atoms with Crippen LogP contribution in [0.1, 0.15) is 41.4 Å². The first-order chi connectivity index (χ1) is 11.8. The zero-order valence-electron chi connectivity index (χ0n) is 14.1. The molecule has 4 nitrogen and oxygen atoms in total. The molecule has 0 unspecified atom stereocenters. The Kier molecular flexibility index (Phi) is 5.99. The second-order valence-electron chi connectivity index (χ2n) is 6.20. The molecule has 2 heterocycles. The molecule has 3 rings (SSSR count). The number of hydrogen-bond acceptors (Lipinski definition) is 3. The molecule has 1 amide bonds. The van der Waals surface area contributed by atoms with Gasteiger partial charge in [-0.3, -0.25) is 4.79 Å². The van der Waals surface area contributed by atoms with E-state index < -0.39 is 0 Å². The Hall–Kier alpha value is -1.72. The fraction of sp³-hybridized carbons (Fsp3) is 0.421. The van der Waals surface area contributed by atoms with Crippen LogP contribution in [-0.2, 0) is 0 Å². The van der Waals surface area contributed by atoms with E-state index in [0.717, 1.165) is 29.3 Å². The van der Waals surface area contributed by atoms with Crippen molar-refractivity contribution in [3.8, 4) is 0 Å². The Balaban J connectivity index is 1.70. The molecule has 2 aromatic rings. The normalized spacial score (nSPS) is 16.7. The molecular formula is C19H25N2O2S+. The molecule has 1 aromatic carbocycles. The van der Waals surface area contributed by atoms with Crippen LogP contribution in [0.15, 0.2) is 52.0 Å². The number of likely N-dealkylation sites (tertiary alicyclic amines) is 1. The fourth-order valence-corrected chi connectivity index (χ4v) is 4.01. The summed E-state index contributed by atoms with van der Waals surface area (Å²) in [6.07, 6.45) is 7.51. The van der Waals surface area contributed by atoms with Gasteiger partial charge in [0.25, 0.3) is 5.91 Å². The Morgan fingerprint density at radius 1 is 1.21 bits per heavy atom. The van der Waals surface area contributed by atoms with Crippen LogP contribution in [0.2, 0.25) is 0 Å². The number of benzene rings is 1. The van der Waals surface area contributed by atoms with Gasteiger partial charge in [0.2, 0.25) is 0 Å². The van der Waals surface area contributed by atoms with Crippen molar-refractivity contribution < 1.29 is 14.1 Å². The average molecular weight is 345 g/mol. The Morgan fingerprint density at radius 2 is 2.00 bits per heavy atom. The highest BCUT2D eigenvalue weighted by atomic mass is 32.2. The number of thioether (sulfide) groups is 1. The molecule has 24 heavy (non-hydrogen) atoms. The highest BCUT2D eigenvalue weighted by Crippen LogP contribution is 2.20. The number of amides is 1. The second kappa shape index (κ2) is 8.40. The first-order valence-electron chi connectivity index (χ1n) is 8.59. The fourth-order valence-electron chi connectivity index (χ4n) is 3.41. The third kappa shape index (κ3) is 4.02. The van der Waals surface area contributed by atoms with E-state index in [1.807, 2.05) is 42.7 Å². The van der Waals surface area contributed by atoms with Crippen LogP contribution in [0.25, 0.3) is 0 Å². The van der Waals surface area contributed by atoms with Gasteiger partial charge in [-0.2, -0.15) is 0 Å². The molecule has 1 aliphatic heterocycles. The van der Waals surface area contributed by atoms with Crippen LogP contribution in [0.5, 0.6) is 0 Å². The van der Waals surface area contributed by atoms with Gasteiger partial charge in [-0.05, 0) is 49.8 Å². The van der Waals surface area contributed by atoms with Crippen molar-refractivity contribution in [3.63, 3.8) is 0 Å². The average Bonchev–Trinajstić information content (AvgIpc) is 3.17. The molecule has 0 aliphatic carbocycles. The van der Waals surface area contributed by atoms with E-state index in [-0.39, 0.29) is 11.9 Å². The topological polar surface area (TPSA) is 46.7 Å². The Labute approximate surface area is 147 Å². The maximum absolute atomic E-state index is 12.6. The van der Waals surface area contributed by atoms with Crippen molar-refractivity contribution >= 4 is 17.7 Å². The molecular weight excluding hydrogens is 320 g/mol. The van der Waals surface area contributed by atoms with Crippen LogP contribution in [-0.4, -0.2) is 31.8 Å². The molecule has 1 atom stereocenters. The van der Waals surface area contributed by atoms with Crippen molar-refractivity contribution in [3.05, 3.63) is 54.0 Å². The number of rotatable bonds is 6. The summed E-state index contributed by atoms with van der Waals surface area (Å²) in [7, 11) is 0. The molecule has 1 saturated heterocycles. The van der Waals surface area contributed by atoms with E-state index in [1.54, 1.807) is 18.0 Å². The van der Waals surface area contributed by atoms with Gasteiger partial charge in [0, 0.05) is 4.90 Å². The number of nitrogens with one attached hydrogen (secondary N) is 2. The summed E-state index contributed by atoms with van der Waals surface area (Å²) in [5, 5.41) is 3.13. The summed E-state index contributed by atoms with van der Waals surface area (Å²) in [6, 6.07) is 11.9. The van der Waals surface area contributed by atoms with Crippen LogP contribution in [0.4, 0.5) is 0 Å². The minimum atomic E-state index is -0.00656. The van der Waals surface area contributed by atoms with Crippen LogP contribution in [0, 0.1) is 0 Å². The molecule has 1 aromatic heterocycles. The maximum atomic E-state index is 12.6. The van der Waals surface area contributed by atoms with Gasteiger partial charge >= 0.3 is 0 Å². The van der Waals surface area contributed by atoms with Gasteiger partial charge in [0.15, 0.2) is 11.8 Å². The minimum Gasteiger partial charge on any atom is -0.463 e. The summed E-state index contributed by atoms with van der Waals surface area (Å²) in [4.78, 5) is 15.1. The predicted molar refractivity (Wildman–Crippen MR) is 96.6 cm³/mol. The van der Waals surface area contributed by atoms with E-state index in [1.165, 1.54) is 24.2 Å². The molecule has 1 aliphatic rings. The minimum absolute atomic E-state index is 0.00656. The van der Waals surface area contributed by atoms with E-state index >= 15 is 0 Å². The van der Waals surface area contributed by atoms with E-state index in [0.29, 0.717) is 6.54 Å². The SMILES string of the molecule is CSc1ccccc1C(=O)NC[C@@H](c1ccco1)[NH+]1CCCCC1. The highest BCUT2D eigenvalue weighted by Gasteiger charge is 2.28. The zero-order chi connectivity index (χ0) is 16.8. The molecule has 0 saturated carbocycles. The smallest absolute Gasteiger partial charge is 0.252 e. The quantitative estimate of drug-likeness (QED) is 0.791. The highest BCUT2D eigenvalue weighted by molar-refractivity contribution is 7.98. The van der Waals surface area contributed by atoms with Gasteiger partial charge in [0.1, 0.15) is 0 Å². The summed E-state index contributed by atoms with van der Waals surface area (Å²) < 4.78 is 5.66. The standard InChI is InChI=1S/C19H24N2O2S/c1-24-18-10-4-3-8-15(18)19(22)20-14-16(17-9-7-13-23-17)21-11-5-2-6-12-21/h3-4,7-10,13,16H,2,5-6,11-12,14H2,1H3,(H,20,22)/p+1/t16-/m0/s1. The lowest BCUT2D eigenvalue weighted by Gasteiger charge is -2.30. The maximum Gasteiger partial charge on any atom is 0.252 e. The summed E-state index contributed by atoms with van der Waals surface area (Å²) in [5.41, 5.74) is 0.747. The van der Waals surface area contributed by atoms with Gasteiger partial charge in [-0.1, -0.05) is 12.1 Å². The summed E-state index contributed by atoms with van der Waals surface area (Å²) in [6.45, 7) is 2.88. The van der Waals surface area contributed by atoms with E-state index in [9.17, 15) is 4.79 Å². The van der Waals surface area contributed by atoms with E-state index in [2.05, 4.69) is 5.32 Å². The van der Waals surface area contributed by atoms with Gasteiger partial charge in [-0.15, -0.1) is 11.8 Å². The lowest BCUT2D eigenvalue weighted by molar-refractivity contribution is -0.936. The third-order valence-electron chi connectivity index (χ3n) is 4.69. The van der Waals surface area contributed by atoms with Gasteiger partial charge in [0.05, 0.1) is 31.5 Å². The predicted octanol–water partition coefficient (Wildman–Crippen LogP) is 2.54. The lowest BCUT2D eigenvalue weighted by atomic mass is 10.1. The molecule has 0 spiro atoms. The largest absolute Gasteiger partial charge is 0.463 e.